The molecule has 0 aliphatic carbocycles. The van der Waals surface area contributed by atoms with E-state index in [2.05, 4.69) is 4.98 Å². The molecule has 0 unspecified atom stereocenters. The Morgan fingerprint density at radius 1 is 1.22 bits per heavy atom. The van der Waals surface area contributed by atoms with Crippen LogP contribution in [0.2, 0.25) is 0 Å². The fraction of sp³-hybridized carbons (Fsp3) is 0.556. The van der Waals surface area contributed by atoms with E-state index in [9.17, 15) is 18.8 Å². The smallest absolute Gasteiger partial charge is 0.410 e. The average Bonchev–Trinajstić information content (AvgIpc) is 2.59. The lowest BCUT2D eigenvalue weighted by Gasteiger charge is -2.34. The van der Waals surface area contributed by atoms with E-state index in [1.807, 2.05) is 0 Å². The number of hydrogen-bond donors (Lipinski definition) is 0. The molecule has 1 aliphatic heterocycles. The van der Waals surface area contributed by atoms with Crippen molar-refractivity contribution in [2.75, 3.05) is 13.1 Å². The van der Waals surface area contributed by atoms with Gasteiger partial charge in [0.1, 0.15) is 11.4 Å². The second-order valence-corrected chi connectivity index (χ2v) is 7.73. The van der Waals surface area contributed by atoms with E-state index >= 15 is 0 Å². The molecule has 0 N–H and O–H groups in total. The van der Waals surface area contributed by atoms with Crippen molar-refractivity contribution in [3.8, 4) is 0 Å². The Labute approximate surface area is 155 Å². The Balaban J connectivity index is 1.91. The van der Waals surface area contributed by atoms with Gasteiger partial charge < -0.3 is 14.2 Å². The molecule has 0 saturated carbocycles. The highest BCUT2D eigenvalue weighted by atomic mass is 19.1. The van der Waals surface area contributed by atoms with Gasteiger partial charge in [0.05, 0.1) is 11.7 Å². The number of carbonyl (C=O) groups excluding carboxylic acids is 1. The normalized spacial score (nSPS) is 16.0. The third-order valence-corrected chi connectivity index (χ3v) is 4.59. The number of pyridine rings is 1. The molecule has 1 amide bonds. The van der Waals surface area contributed by atoms with Crippen molar-refractivity contribution in [2.24, 2.45) is 7.05 Å². The Hall–Kier alpha value is -2.71. The third-order valence-electron chi connectivity index (χ3n) is 4.59. The molecule has 146 valence electrons. The molecule has 1 aliphatic rings. The molecule has 0 aromatic carbocycles. The molecule has 1 saturated heterocycles. The highest BCUT2D eigenvalue weighted by Crippen LogP contribution is 2.25. The maximum absolute atomic E-state index is 13.6. The van der Waals surface area contributed by atoms with Crippen molar-refractivity contribution in [3.05, 3.63) is 38.8 Å². The van der Waals surface area contributed by atoms with Crippen molar-refractivity contribution >= 4 is 17.3 Å². The molecule has 0 radical (unpaired) electrons. The van der Waals surface area contributed by atoms with Gasteiger partial charge in [0.15, 0.2) is 5.65 Å². The number of piperidine rings is 1. The van der Waals surface area contributed by atoms with Crippen molar-refractivity contribution in [2.45, 2.75) is 45.3 Å². The highest BCUT2D eigenvalue weighted by Gasteiger charge is 2.29. The van der Waals surface area contributed by atoms with E-state index in [4.69, 9.17) is 4.74 Å². The summed E-state index contributed by atoms with van der Waals surface area (Å²) in [5.74, 6) is -0.581. The zero-order valence-corrected chi connectivity index (χ0v) is 15.9. The van der Waals surface area contributed by atoms with Gasteiger partial charge in [0.2, 0.25) is 0 Å². The summed E-state index contributed by atoms with van der Waals surface area (Å²) in [5, 5.41) is 0. The first kappa shape index (κ1) is 19.1. The van der Waals surface area contributed by atoms with Crippen LogP contribution in [-0.2, 0) is 11.8 Å². The molecular formula is C18H23FN4O4. The second kappa shape index (κ2) is 6.79. The van der Waals surface area contributed by atoms with E-state index in [0.29, 0.717) is 25.9 Å². The molecule has 0 bridgehead atoms. The van der Waals surface area contributed by atoms with Crippen LogP contribution in [0.5, 0.6) is 0 Å². The van der Waals surface area contributed by atoms with Crippen LogP contribution in [0, 0.1) is 5.82 Å². The second-order valence-electron chi connectivity index (χ2n) is 7.73. The number of likely N-dealkylation sites (tertiary alicyclic amines) is 1. The van der Waals surface area contributed by atoms with Gasteiger partial charge in [-0.3, -0.25) is 14.2 Å². The number of hydrogen-bond acceptors (Lipinski definition) is 5. The Bertz CT molecular complexity index is 997. The van der Waals surface area contributed by atoms with Crippen LogP contribution < -0.4 is 11.1 Å². The molecule has 2 aromatic rings. The highest BCUT2D eigenvalue weighted by molar-refractivity contribution is 5.71. The monoisotopic (exact) mass is 378 g/mol. The van der Waals surface area contributed by atoms with Gasteiger partial charge in [-0.2, -0.15) is 0 Å². The Morgan fingerprint density at radius 3 is 2.44 bits per heavy atom. The quantitative estimate of drug-likeness (QED) is 0.707. The molecule has 3 rings (SSSR count). The summed E-state index contributed by atoms with van der Waals surface area (Å²) < 4.78 is 21.4. The summed E-state index contributed by atoms with van der Waals surface area (Å²) in [6.45, 7) is 6.18. The zero-order valence-electron chi connectivity index (χ0n) is 15.9. The van der Waals surface area contributed by atoms with Gasteiger partial charge in [-0.05, 0) is 33.6 Å². The molecule has 27 heavy (non-hydrogen) atoms. The standard InChI is InChI=1S/C18H23FN4O4/c1-18(2,3)27-17(26)22-7-5-12(6-8-22)23-14-13(9-11(19)10-20-14)21(4)15(24)16(23)25/h9-10,12H,5-8H2,1-4H3. The molecule has 2 aromatic heterocycles. The van der Waals surface area contributed by atoms with Crippen LogP contribution in [0.4, 0.5) is 9.18 Å². The SMILES string of the molecule is Cn1c(=O)c(=O)n(C2CCN(C(=O)OC(C)(C)C)CC2)c2ncc(F)cc21. The maximum atomic E-state index is 13.6. The predicted molar refractivity (Wildman–Crippen MR) is 97.3 cm³/mol. The molecule has 3 heterocycles. The zero-order chi connectivity index (χ0) is 19.9. The summed E-state index contributed by atoms with van der Waals surface area (Å²) in [6.07, 6.45) is 1.57. The Morgan fingerprint density at radius 2 is 1.85 bits per heavy atom. The number of halogens is 1. The topological polar surface area (TPSA) is 86.4 Å². The number of aromatic nitrogens is 3. The van der Waals surface area contributed by atoms with E-state index < -0.39 is 28.6 Å². The van der Waals surface area contributed by atoms with Gasteiger partial charge in [0, 0.05) is 32.2 Å². The van der Waals surface area contributed by atoms with Crippen LogP contribution in [0.1, 0.15) is 39.7 Å². The van der Waals surface area contributed by atoms with Crippen molar-refractivity contribution in [3.63, 3.8) is 0 Å². The molecule has 1 fully saturated rings. The van der Waals surface area contributed by atoms with Crippen LogP contribution in [0.15, 0.2) is 21.9 Å². The first-order valence-corrected chi connectivity index (χ1v) is 8.83. The number of carbonyl (C=O) groups is 1. The number of rotatable bonds is 1. The van der Waals surface area contributed by atoms with E-state index in [1.54, 1.807) is 25.7 Å². The van der Waals surface area contributed by atoms with E-state index in [1.165, 1.54) is 17.7 Å². The van der Waals surface area contributed by atoms with Gasteiger partial charge in [0.25, 0.3) is 0 Å². The first-order valence-electron chi connectivity index (χ1n) is 8.83. The molecule has 0 atom stereocenters. The summed E-state index contributed by atoms with van der Waals surface area (Å²) in [5.41, 5.74) is -1.49. The largest absolute Gasteiger partial charge is 0.444 e. The minimum Gasteiger partial charge on any atom is -0.444 e. The first-order chi connectivity index (χ1) is 12.6. The fourth-order valence-electron chi connectivity index (χ4n) is 3.28. The van der Waals surface area contributed by atoms with E-state index in [-0.39, 0.29) is 17.2 Å². The molecule has 9 heteroatoms. The lowest BCUT2D eigenvalue weighted by atomic mass is 10.0. The maximum Gasteiger partial charge on any atom is 0.410 e. The van der Waals surface area contributed by atoms with Crippen LogP contribution in [0.25, 0.3) is 11.2 Å². The van der Waals surface area contributed by atoms with Gasteiger partial charge in [-0.25, -0.2) is 14.2 Å². The molecule has 0 spiro atoms. The minimum absolute atomic E-state index is 0.258. The number of aryl methyl sites for hydroxylation is 1. The lowest BCUT2D eigenvalue weighted by Crippen LogP contribution is -2.46. The molecular weight excluding hydrogens is 355 g/mol. The summed E-state index contributed by atoms with van der Waals surface area (Å²) in [6, 6.07) is 0.890. The van der Waals surface area contributed by atoms with Crippen molar-refractivity contribution in [1.29, 1.82) is 0 Å². The number of ether oxygens (including phenoxy) is 1. The molecule has 8 nitrogen and oxygen atoms in total. The van der Waals surface area contributed by atoms with E-state index in [0.717, 1.165) is 10.8 Å². The number of amides is 1. The van der Waals surface area contributed by atoms with Gasteiger partial charge in [-0.1, -0.05) is 0 Å². The van der Waals surface area contributed by atoms with Crippen LogP contribution in [0.3, 0.4) is 0 Å². The summed E-state index contributed by atoms with van der Waals surface area (Å²) in [7, 11) is 1.42. The van der Waals surface area contributed by atoms with Crippen LogP contribution in [-0.4, -0.2) is 43.8 Å². The van der Waals surface area contributed by atoms with Gasteiger partial charge in [-0.15, -0.1) is 0 Å². The van der Waals surface area contributed by atoms with Crippen molar-refractivity contribution < 1.29 is 13.9 Å². The van der Waals surface area contributed by atoms with Gasteiger partial charge >= 0.3 is 17.2 Å². The Kier molecular flexibility index (Phi) is 4.79. The summed E-state index contributed by atoms with van der Waals surface area (Å²) in [4.78, 5) is 42.7. The number of nitrogens with zero attached hydrogens (tertiary/aromatic N) is 4. The lowest BCUT2D eigenvalue weighted by molar-refractivity contribution is 0.0188. The summed E-state index contributed by atoms with van der Waals surface area (Å²) >= 11 is 0. The number of fused-ring (bicyclic) bond motifs is 1. The van der Waals surface area contributed by atoms with Crippen molar-refractivity contribution in [1.82, 2.24) is 19.0 Å². The minimum atomic E-state index is -0.732. The fourth-order valence-corrected chi connectivity index (χ4v) is 3.28. The third kappa shape index (κ3) is 3.72. The average molecular weight is 378 g/mol. The predicted octanol–water partition coefficient (Wildman–Crippen LogP) is 1.81. The van der Waals surface area contributed by atoms with Crippen LogP contribution >= 0.6 is 0 Å².